The maximum atomic E-state index is 10.9. The molecule has 24 heavy (non-hydrogen) atoms. The SMILES string of the molecule is Cc1noc(CC2(O)CCCN(Cc3cc4ccccc4o3)C2)n1. The monoisotopic (exact) mass is 327 g/mol. The van der Waals surface area contributed by atoms with Crippen LogP contribution in [0.2, 0.25) is 0 Å². The van der Waals surface area contributed by atoms with Crippen molar-refractivity contribution in [1.29, 1.82) is 0 Å². The maximum Gasteiger partial charge on any atom is 0.229 e. The minimum atomic E-state index is -0.830. The van der Waals surface area contributed by atoms with Gasteiger partial charge in [0.2, 0.25) is 5.89 Å². The number of likely N-dealkylation sites (tertiary alicyclic amines) is 1. The van der Waals surface area contributed by atoms with Crippen molar-refractivity contribution in [2.75, 3.05) is 13.1 Å². The van der Waals surface area contributed by atoms with Crippen molar-refractivity contribution >= 4 is 11.0 Å². The number of nitrogens with zero attached hydrogens (tertiary/aromatic N) is 3. The molecule has 1 N–H and O–H groups in total. The third-order valence-electron chi connectivity index (χ3n) is 4.54. The van der Waals surface area contributed by atoms with E-state index >= 15 is 0 Å². The zero-order valence-corrected chi connectivity index (χ0v) is 13.7. The molecule has 0 amide bonds. The highest BCUT2D eigenvalue weighted by Gasteiger charge is 2.35. The molecule has 3 heterocycles. The Bertz CT molecular complexity index is 808. The van der Waals surface area contributed by atoms with Gasteiger partial charge in [-0.05, 0) is 38.4 Å². The quantitative estimate of drug-likeness (QED) is 0.794. The van der Waals surface area contributed by atoms with Crippen LogP contribution in [0.3, 0.4) is 0 Å². The van der Waals surface area contributed by atoms with Gasteiger partial charge in [0.25, 0.3) is 0 Å². The molecule has 1 aliphatic rings. The lowest BCUT2D eigenvalue weighted by molar-refractivity contribution is -0.0386. The van der Waals surface area contributed by atoms with Crippen LogP contribution in [-0.4, -0.2) is 38.8 Å². The summed E-state index contributed by atoms with van der Waals surface area (Å²) in [6.45, 7) is 4.00. The number of benzene rings is 1. The van der Waals surface area contributed by atoms with Crippen LogP contribution in [0, 0.1) is 6.92 Å². The molecule has 1 fully saturated rings. The van der Waals surface area contributed by atoms with E-state index in [-0.39, 0.29) is 0 Å². The summed E-state index contributed by atoms with van der Waals surface area (Å²) in [5.74, 6) is 2.03. The van der Waals surface area contributed by atoms with Gasteiger partial charge in [-0.1, -0.05) is 23.4 Å². The largest absolute Gasteiger partial charge is 0.460 e. The lowest BCUT2D eigenvalue weighted by Crippen LogP contribution is -2.49. The standard InChI is InChI=1S/C18H21N3O3/c1-13-19-17(24-20-13)10-18(22)7-4-8-21(12-18)11-15-9-14-5-2-3-6-16(14)23-15/h2-3,5-6,9,22H,4,7-8,10-12H2,1H3. The number of rotatable bonds is 4. The van der Waals surface area contributed by atoms with Gasteiger partial charge in [0.1, 0.15) is 11.3 Å². The van der Waals surface area contributed by atoms with Crippen molar-refractivity contribution in [3.63, 3.8) is 0 Å². The smallest absolute Gasteiger partial charge is 0.229 e. The summed E-state index contributed by atoms with van der Waals surface area (Å²) < 4.78 is 11.1. The molecule has 0 aliphatic carbocycles. The first-order valence-corrected chi connectivity index (χ1v) is 8.31. The third kappa shape index (κ3) is 3.20. The Kier molecular flexibility index (Phi) is 3.86. The highest BCUT2D eigenvalue weighted by molar-refractivity contribution is 5.77. The molecular formula is C18H21N3O3. The molecule has 0 saturated carbocycles. The van der Waals surface area contributed by atoms with Crippen molar-refractivity contribution < 1.29 is 14.0 Å². The Morgan fingerprint density at radius 3 is 3.00 bits per heavy atom. The van der Waals surface area contributed by atoms with Gasteiger partial charge in [-0.15, -0.1) is 0 Å². The summed E-state index contributed by atoms with van der Waals surface area (Å²) in [6, 6.07) is 10.1. The normalized spacial score (nSPS) is 22.2. The molecule has 4 rings (SSSR count). The number of aryl methyl sites for hydroxylation is 1. The van der Waals surface area contributed by atoms with E-state index in [0.717, 1.165) is 36.1 Å². The predicted octanol–water partition coefficient (Wildman–Crippen LogP) is 2.69. The van der Waals surface area contributed by atoms with Crippen molar-refractivity contribution in [2.24, 2.45) is 0 Å². The van der Waals surface area contributed by atoms with E-state index in [1.807, 2.05) is 24.3 Å². The Balaban J connectivity index is 1.45. The highest BCUT2D eigenvalue weighted by atomic mass is 16.5. The van der Waals surface area contributed by atoms with Gasteiger partial charge in [0.15, 0.2) is 5.82 Å². The van der Waals surface area contributed by atoms with Crippen LogP contribution in [0.5, 0.6) is 0 Å². The van der Waals surface area contributed by atoms with Crippen LogP contribution >= 0.6 is 0 Å². The first-order chi connectivity index (χ1) is 11.6. The van der Waals surface area contributed by atoms with Gasteiger partial charge in [0, 0.05) is 11.9 Å². The molecule has 6 nitrogen and oxygen atoms in total. The Morgan fingerprint density at radius 2 is 2.21 bits per heavy atom. The minimum absolute atomic E-state index is 0.393. The Morgan fingerprint density at radius 1 is 1.33 bits per heavy atom. The number of aliphatic hydroxyl groups is 1. The van der Waals surface area contributed by atoms with E-state index in [2.05, 4.69) is 21.1 Å². The van der Waals surface area contributed by atoms with Crippen molar-refractivity contribution in [3.8, 4) is 0 Å². The Labute approximate surface area is 140 Å². The van der Waals surface area contributed by atoms with Gasteiger partial charge in [0.05, 0.1) is 18.6 Å². The average Bonchev–Trinajstić information content (AvgIpc) is 3.12. The molecule has 2 aromatic heterocycles. The number of piperidine rings is 1. The first kappa shape index (κ1) is 15.4. The molecular weight excluding hydrogens is 306 g/mol. The highest BCUT2D eigenvalue weighted by Crippen LogP contribution is 2.27. The number of β-amino-alcohol motifs (C(OH)–C–C–N with tert-alkyl or cyclic N) is 1. The Hall–Kier alpha value is -2.18. The van der Waals surface area contributed by atoms with Crippen LogP contribution < -0.4 is 0 Å². The molecule has 0 spiro atoms. The number of hydrogen-bond donors (Lipinski definition) is 1. The molecule has 1 aromatic carbocycles. The number of hydrogen-bond acceptors (Lipinski definition) is 6. The summed E-state index contributed by atoms with van der Waals surface area (Å²) >= 11 is 0. The number of aromatic nitrogens is 2. The maximum absolute atomic E-state index is 10.9. The zero-order valence-electron chi connectivity index (χ0n) is 13.7. The van der Waals surface area contributed by atoms with E-state index in [9.17, 15) is 5.11 Å². The van der Waals surface area contributed by atoms with Gasteiger partial charge in [-0.25, -0.2) is 0 Å². The zero-order chi connectivity index (χ0) is 16.6. The average molecular weight is 327 g/mol. The molecule has 1 saturated heterocycles. The van der Waals surface area contributed by atoms with Crippen molar-refractivity contribution in [2.45, 2.75) is 38.3 Å². The van der Waals surface area contributed by atoms with Crippen LogP contribution in [0.4, 0.5) is 0 Å². The third-order valence-corrected chi connectivity index (χ3v) is 4.54. The fourth-order valence-corrected chi connectivity index (χ4v) is 3.51. The first-order valence-electron chi connectivity index (χ1n) is 8.31. The summed E-state index contributed by atoms with van der Waals surface area (Å²) in [5, 5.41) is 15.8. The summed E-state index contributed by atoms with van der Waals surface area (Å²) in [6.07, 6.45) is 2.07. The van der Waals surface area contributed by atoms with E-state index < -0.39 is 5.60 Å². The molecule has 0 radical (unpaired) electrons. The molecule has 0 bridgehead atoms. The summed E-state index contributed by atoms with van der Waals surface area (Å²) in [4.78, 5) is 6.44. The van der Waals surface area contributed by atoms with Crippen LogP contribution in [0.25, 0.3) is 11.0 Å². The van der Waals surface area contributed by atoms with E-state index in [4.69, 9.17) is 8.94 Å². The van der Waals surface area contributed by atoms with Gasteiger partial charge >= 0.3 is 0 Å². The predicted molar refractivity (Wildman–Crippen MR) is 88.4 cm³/mol. The van der Waals surface area contributed by atoms with Gasteiger partial charge in [-0.2, -0.15) is 4.98 Å². The van der Waals surface area contributed by atoms with Crippen LogP contribution in [-0.2, 0) is 13.0 Å². The van der Waals surface area contributed by atoms with Gasteiger partial charge in [-0.3, -0.25) is 4.90 Å². The number of para-hydroxylation sites is 1. The summed E-state index contributed by atoms with van der Waals surface area (Å²) in [5.41, 5.74) is 0.0737. The van der Waals surface area contributed by atoms with Crippen LogP contribution in [0.1, 0.15) is 30.3 Å². The van der Waals surface area contributed by atoms with E-state index in [1.54, 1.807) is 6.92 Å². The van der Waals surface area contributed by atoms with Crippen molar-refractivity contribution in [3.05, 3.63) is 47.8 Å². The molecule has 1 aliphatic heterocycles. The van der Waals surface area contributed by atoms with Gasteiger partial charge < -0.3 is 14.0 Å². The molecule has 1 unspecified atom stereocenters. The molecule has 126 valence electrons. The lowest BCUT2D eigenvalue weighted by Gasteiger charge is -2.38. The number of furan rings is 1. The lowest BCUT2D eigenvalue weighted by atomic mass is 9.89. The molecule has 3 aromatic rings. The second-order valence-corrected chi connectivity index (χ2v) is 6.70. The second kappa shape index (κ2) is 6.03. The minimum Gasteiger partial charge on any atom is -0.460 e. The van der Waals surface area contributed by atoms with Crippen LogP contribution in [0.15, 0.2) is 39.3 Å². The molecule has 1 atom stereocenters. The fourth-order valence-electron chi connectivity index (χ4n) is 3.51. The van der Waals surface area contributed by atoms with E-state index in [0.29, 0.717) is 31.2 Å². The fraction of sp³-hybridized carbons (Fsp3) is 0.444. The topological polar surface area (TPSA) is 75.5 Å². The van der Waals surface area contributed by atoms with E-state index in [1.165, 1.54) is 0 Å². The molecule has 6 heteroatoms. The summed E-state index contributed by atoms with van der Waals surface area (Å²) in [7, 11) is 0. The second-order valence-electron chi connectivity index (χ2n) is 6.70. The number of fused-ring (bicyclic) bond motifs is 1. The van der Waals surface area contributed by atoms with Crippen molar-refractivity contribution in [1.82, 2.24) is 15.0 Å².